The van der Waals surface area contributed by atoms with Gasteiger partial charge in [-0.05, 0) is 35.4 Å². The molecule has 136 valence electrons. The second-order valence-corrected chi connectivity index (χ2v) is 6.23. The molecule has 0 radical (unpaired) electrons. The predicted octanol–water partition coefficient (Wildman–Crippen LogP) is 2.52. The number of carboxylic acid groups (broad SMARTS) is 2. The van der Waals surface area contributed by atoms with Gasteiger partial charge in [0, 0.05) is 19.8 Å². The molecule has 1 aliphatic heterocycles. The van der Waals surface area contributed by atoms with Crippen molar-refractivity contribution in [1.82, 2.24) is 0 Å². The third-order valence-electron chi connectivity index (χ3n) is 4.39. The van der Waals surface area contributed by atoms with Gasteiger partial charge in [0.15, 0.2) is 11.5 Å². The van der Waals surface area contributed by atoms with E-state index in [4.69, 9.17) is 9.47 Å². The Bertz CT molecular complexity index is 830. The predicted molar refractivity (Wildman–Crippen MR) is 94.1 cm³/mol. The van der Waals surface area contributed by atoms with Crippen molar-refractivity contribution in [2.45, 2.75) is 11.8 Å². The zero-order valence-electron chi connectivity index (χ0n) is 14.4. The fourth-order valence-corrected chi connectivity index (χ4v) is 3.04. The van der Waals surface area contributed by atoms with E-state index in [0.29, 0.717) is 22.6 Å². The van der Waals surface area contributed by atoms with E-state index in [0.717, 1.165) is 5.69 Å². The van der Waals surface area contributed by atoms with Gasteiger partial charge < -0.3 is 24.6 Å². The van der Waals surface area contributed by atoms with E-state index in [2.05, 4.69) is 0 Å². The van der Waals surface area contributed by atoms with Crippen LogP contribution in [0.2, 0.25) is 0 Å². The Morgan fingerprint density at radius 3 is 2.00 bits per heavy atom. The fourth-order valence-electron chi connectivity index (χ4n) is 3.04. The smallest absolute Gasteiger partial charge is 0.312 e. The molecule has 2 N–H and O–H groups in total. The van der Waals surface area contributed by atoms with Gasteiger partial charge in [0.2, 0.25) is 6.79 Å². The van der Waals surface area contributed by atoms with Crippen molar-refractivity contribution >= 4 is 17.6 Å². The second kappa shape index (κ2) is 6.95. The molecule has 2 atom stereocenters. The first-order valence-corrected chi connectivity index (χ1v) is 8.01. The topological polar surface area (TPSA) is 96.3 Å². The number of nitrogens with zero attached hydrogens (tertiary/aromatic N) is 1. The molecule has 0 aliphatic carbocycles. The molecule has 0 spiro atoms. The highest BCUT2D eigenvalue weighted by Gasteiger charge is 2.37. The molecule has 3 rings (SSSR count). The van der Waals surface area contributed by atoms with Crippen molar-refractivity contribution in [1.29, 1.82) is 0 Å². The second-order valence-electron chi connectivity index (χ2n) is 6.23. The maximum absolute atomic E-state index is 12.0. The lowest BCUT2D eigenvalue weighted by atomic mass is 9.81. The van der Waals surface area contributed by atoms with Crippen LogP contribution in [0.1, 0.15) is 23.0 Å². The molecule has 26 heavy (non-hydrogen) atoms. The van der Waals surface area contributed by atoms with Crippen molar-refractivity contribution in [3.63, 3.8) is 0 Å². The number of carbonyl (C=O) groups is 2. The van der Waals surface area contributed by atoms with Gasteiger partial charge in [-0.2, -0.15) is 0 Å². The normalized spacial score (nSPS) is 14.5. The van der Waals surface area contributed by atoms with Gasteiger partial charge in [-0.1, -0.05) is 18.2 Å². The van der Waals surface area contributed by atoms with Crippen LogP contribution >= 0.6 is 0 Å². The summed E-state index contributed by atoms with van der Waals surface area (Å²) in [5.41, 5.74) is 1.67. The fraction of sp³-hybridized carbons (Fsp3) is 0.263. The molecule has 7 heteroatoms. The molecular weight excluding hydrogens is 338 g/mol. The summed E-state index contributed by atoms with van der Waals surface area (Å²) in [7, 11) is 3.74. The highest BCUT2D eigenvalue weighted by molar-refractivity contribution is 5.88. The summed E-state index contributed by atoms with van der Waals surface area (Å²) in [4.78, 5) is 25.8. The average Bonchev–Trinajstić information content (AvgIpc) is 3.06. The third kappa shape index (κ3) is 3.28. The van der Waals surface area contributed by atoms with Gasteiger partial charge in [-0.3, -0.25) is 9.59 Å². The number of fused-ring (bicyclic) bond motifs is 1. The number of benzene rings is 2. The van der Waals surface area contributed by atoms with Crippen molar-refractivity contribution in [3.05, 3.63) is 53.6 Å². The molecule has 0 saturated carbocycles. The molecule has 0 amide bonds. The molecule has 0 saturated heterocycles. The van der Waals surface area contributed by atoms with E-state index in [1.165, 1.54) is 6.07 Å². The van der Waals surface area contributed by atoms with Gasteiger partial charge in [0.1, 0.15) is 0 Å². The van der Waals surface area contributed by atoms with E-state index in [9.17, 15) is 19.8 Å². The summed E-state index contributed by atoms with van der Waals surface area (Å²) in [6, 6.07) is 11.5. The van der Waals surface area contributed by atoms with Gasteiger partial charge in [-0.15, -0.1) is 0 Å². The van der Waals surface area contributed by atoms with Crippen molar-refractivity contribution in [3.8, 4) is 11.5 Å². The first-order valence-electron chi connectivity index (χ1n) is 8.01. The number of ether oxygens (including phenoxy) is 2. The molecule has 0 fully saturated rings. The van der Waals surface area contributed by atoms with Crippen LogP contribution in [0.5, 0.6) is 11.5 Å². The number of carboxylic acids is 2. The maximum atomic E-state index is 12.0. The third-order valence-corrected chi connectivity index (χ3v) is 4.39. The van der Waals surface area contributed by atoms with E-state index in [1.807, 2.05) is 19.0 Å². The molecule has 2 aromatic carbocycles. The van der Waals surface area contributed by atoms with E-state index in [1.54, 1.807) is 36.4 Å². The average molecular weight is 357 g/mol. The molecule has 2 unspecified atom stereocenters. The largest absolute Gasteiger partial charge is 0.481 e. The number of hydrogen-bond donors (Lipinski definition) is 2. The van der Waals surface area contributed by atoms with Crippen LogP contribution in [-0.2, 0) is 9.59 Å². The molecule has 0 bridgehead atoms. The Morgan fingerprint density at radius 2 is 1.42 bits per heavy atom. The summed E-state index contributed by atoms with van der Waals surface area (Å²) < 4.78 is 10.5. The number of aliphatic carboxylic acids is 2. The lowest BCUT2D eigenvalue weighted by Crippen LogP contribution is -2.26. The van der Waals surface area contributed by atoms with Crippen LogP contribution < -0.4 is 14.4 Å². The van der Waals surface area contributed by atoms with Crippen molar-refractivity contribution in [2.75, 3.05) is 25.8 Å². The molecule has 1 aliphatic rings. The Morgan fingerprint density at radius 1 is 0.885 bits per heavy atom. The maximum Gasteiger partial charge on any atom is 0.312 e. The van der Waals surface area contributed by atoms with Crippen LogP contribution in [0, 0.1) is 0 Å². The van der Waals surface area contributed by atoms with Gasteiger partial charge in [-0.25, -0.2) is 0 Å². The quantitative estimate of drug-likeness (QED) is 0.820. The molecule has 1 heterocycles. The minimum absolute atomic E-state index is 0.0604. The Balaban J connectivity index is 2.02. The minimum Gasteiger partial charge on any atom is -0.481 e. The first kappa shape index (κ1) is 17.6. The summed E-state index contributed by atoms with van der Waals surface area (Å²) in [6.45, 7) is 0.0604. The van der Waals surface area contributed by atoms with E-state index >= 15 is 0 Å². The number of hydrogen-bond acceptors (Lipinski definition) is 5. The van der Waals surface area contributed by atoms with Crippen LogP contribution in [0.15, 0.2) is 42.5 Å². The zero-order valence-corrected chi connectivity index (χ0v) is 14.4. The summed E-state index contributed by atoms with van der Waals surface area (Å²) in [5, 5.41) is 19.5. The van der Waals surface area contributed by atoms with Gasteiger partial charge >= 0.3 is 11.9 Å². The standard InChI is InChI=1S/C19H19NO6/c1-20(2)13-6-3-11(4-7-13)16(18(21)22)17(19(23)24)12-5-8-14-15(9-12)26-10-25-14/h3-9,16-17H,10H2,1-2H3,(H,21,22)(H,23,24). The lowest BCUT2D eigenvalue weighted by Gasteiger charge is -2.22. The Kier molecular flexibility index (Phi) is 4.71. The Labute approximate surface area is 150 Å². The number of rotatable bonds is 6. The van der Waals surface area contributed by atoms with Crippen LogP contribution in [0.4, 0.5) is 5.69 Å². The van der Waals surface area contributed by atoms with Gasteiger partial charge in [0.05, 0.1) is 11.8 Å². The lowest BCUT2D eigenvalue weighted by molar-refractivity contribution is -0.147. The van der Waals surface area contributed by atoms with Gasteiger partial charge in [0.25, 0.3) is 0 Å². The van der Waals surface area contributed by atoms with E-state index in [-0.39, 0.29) is 6.79 Å². The van der Waals surface area contributed by atoms with Crippen LogP contribution in [0.25, 0.3) is 0 Å². The van der Waals surface area contributed by atoms with Crippen molar-refractivity contribution in [2.24, 2.45) is 0 Å². The number of anilines is 1. The molecule has 0 aromatic heterocycles. The highest BCUT2D eigenvalue weighted by atomic mass is 16.7. The SMILES string of the molecule is CN(C)c1ccc(C(C(=O)O)C(C(=O)O)c2ccc3c(c2)OCO3)cc1. The molecule has 7 nitrogen and oxygen atoms in total. The zero-order chi connectivity index (χ0) is 18.8. The minimum atomic E-state index is -1.26. The molecular formula is C19H19NO6. The van der Waals surface area contributed by atoms with Crippen molar-refractivity contribution < 1.29 is 29.3 Å². The summed E-state index contributed by atoms with van der Waals surface area (Å²) in [6.07, 6.45) is 0. The molecule has 2 aromatic rings. The van der Waals surface area contributed by atoms with E-state index < -0.39 is 23.8 Å². The first-order chi connectivity index (χ1) is 12.4. The Hall–Kier alpha value is -3.22. The monoisotopic (exact) mass is 357 g/mol. The summed E-state index contributed by atoms with van der Waals surface area (Å²) in [5.74, 6) is -3.97. The highest BCUT2D eigenvalue weighted by Crippen LogP contribution is 2.40. The summed E-state index contributed by atoms with van der Waals surface area (Å²) >= 11 is 0. The van der Waals surface area contributed by atoms with Crippen LogP contribution in [-0.4, -0.2) is 43.0 Å². The van der Waals surface area contributed by atoms with Crippen LogP contribution in [0.3, 0.4) is 0 Å².